The number of amides is 2. The first-order valence-corrected chi connectivity index (χ1v) is 15.2. The maximum Gasteiger partial charge on any atom is 0.317 e. The fourth-order valence-corrected chi connectivity index (χ4v) is 6.50. The Labute approximate surface area is 236 Å². The van der Waals surface area contributed by atoms with Crippen LogP contribution in [-0.4, -0.2) is 61.7 Å². The second kappa shape index (κ2) is 12.0. The molecule has 214 valence electrons. The maximum absolute atomic E-state index is 12.9. The third-order valence-corrected chi connectivity index (χ3v) is 9.01. The molecule has 10 heteroatoms. The van der Waals surface area contributed by atoms with Crippen LogP contribution < -0.4 is 21.7 Å². The zero-order chi connectivity index (χ0) is 27.5. The van der Waals surface area contributed by atoms with E-state index in [2.05, 4.69) is 20.5 Å². The Bertz CT molecular complexity index is 1270. The molecule has 10 nitrogen and oxygen atoms in total. The van der Waals surface area contributed by atoms with Gasteiger partial charge < -0.3 is 31.2 Å². The molecule has 2 aromatic heterocycles. The lowest BCUT2D eigenvalue weighted by Crippen LogP contribution is -2.47. The van der Waals surface area contributed by atoms with Gasteiger partial charge in [0.25, 0.3) is 0 Å². The third kappa shape index (κ3) is 6.01. The summed E-state index contributed by atoms with van der Waals surface area (Å²) < 4.78 is 2.26. The number of nitrogens with zero attached hydrogens (tertiary/aromatic N) is 5. The van der Waals surface area contributed by atoms with Gasteiger partial charge in [-0.2, -0.15) is 9.97 Å². The Morgan fingerprint density at radius 3 is 2.35 bits per heavy atom. The first kappa shape index (κ1) is 26.8. The SMILES string of the molecule is C[C@@H](NC(=O)N1CCC(Nc2nc(NC3CCC(N)CC3)nc3c2ncn3C2CCCC2)CC1)c1ccccc1. The minimum Gasteiger partial charge on any atom is -0.365 e. The van der Waals surface area contributed by atoms with Crippen LogP contribution in [0.5, 0.6) is 0 Å². The van der Waals surface area contributed by atoms with Crippen molar-refractivity contribution >= 4 is 29.0 Å². The van der Waals surface area contributed by atoms with Gasteiger partial charge in [-0.05, 0) is 63.9 Å². The van der Waals surface area contributed by atoms with Gasteiger partial charge in [0.1, 0.15) is 0 Å². The Morgan fingerprint density at radius 2 is 1.62 bits per heavy atom. The summed E-state index contributed by atoms with van der Waals surface area (Å²) in [5, 5.41) is 10.5. The van der Waals surface area contributed by atoms with E-state index in [4.69, 9.17) is 20.7 Å². The highest BCUT2D eigenvalue weighted by molar-refractivity contribution is 5.84. The van der Waals surface area contributed by atoms with Crippen molar-refractivity contribution in [3.63, 3.8) is 0 Å². The second-order valence-electron chi connectivity index (χ2n) is 11.9. The Morgan fingerprint density at radius 1 is 0.925 bits per heavy atom. The summed E-state index contributed by atoms with van der Waals surface area (Å²) in [7, 11) is 0. The smallest absolute Gasteiger partial charge is 0.317 e. The van der Waals surface area contributed by atoms with Gasteiger partial charge in [-0.25, -0.2) is 9.78 Å². The van der Waals surface area contributed by atoms with Crippen molar-refractivity contribution in [3.8, 4) is 0 Å². The molecule has 6 rings (SSSR count). The number of nitrogens with one attached hydrogen (secondary N) is 3. The summed E-state index contributed by atoms with van der Waals surface area (Å²) in [6, 6.07) is 11.4. The number of benzene rings is 1. The fourth-order valence-electron chi connectivity index (χ4n) is 6.50. The van der Waals surface area contributed by atoms with Crippen molar-refractivity contribution in [2.24, 2.45) is 5.73 Å². The van der Waals surface area contributed by atoms with Crippen molar-refractivity contribution in [1.29, 1.82) is 0 Å². The minimum absolute atomic E-state index is 0.00628. The lowest BCUT2D eigenvalue weighted by atomic mass is 9.92. The molecule has 0 unspecified atom stereocenters. The molecule has 2 aliphatic carbocycles. The number of rotatable bonds is 7. The maximum atomic E-state index is 12.9. The number of hydrogen-bond acceptors (Lipinski definition) is 7. The number of aromatic nitrogens is 4. The molecule has 1 atom stereocenters. The monoisotopic (exact) mass is 545 g/mol. The standard InChI is InChI=1S/C30H43N9O/c1-20(21-7-3-2-4-8-21)33-30(40)38-17-15-24(16-18-38)34-27-26-28(39(19-32-26)25-9-5-6-10-25)37-29(36-27)35-23-13-11-22(31)12-14-23/h2-4,7-8,19-20,22-25H,5-6,9-18,31H2,1H3,(H,33,40)(H2,34,35,36,37)/t20-,22?,23?/m1/s1. The lowest BCUT2D eigenvalue weighted by Gasteiger charge is -2.33. The summed E-state index contributed by atoms with van der Waals surface area (Å²) in [6.45, 7) is 3.42. The molecule has 0 radical (unpaired) electrons. The highest BCUT2D eigenvalue weighted by Gasteiger charge is 2.27. The van der Waals surface area contributed by atoms with Crippen molar-refractivity contribution in [1.82, 2.24) is 29.7 Å². The quantitative estimate of drug-likeness (QED) is 0.330. The molecular weight excluding hydrogens is 502 g/mol. The number of hydrogen-bond donors (Lipinski definition) is 4. The van der Waals surface area contributed by atoms with E-state index >= 15 is 0 Å². The van der Waals surface area contributed by atoms with Crippen molar-refractivity contribution < 1.29 is 4.79 Å². The zero-order valence-corrected chi connectivity index (χ0v) is 23.6. The van der Waals surface area contributed by atoms with Crippen LogP contribution in [0.25, 0.3) is 11.2 Å². The molecule has 3 fully saturated rings. The summed E-state index contributed by atoms with van der Waals surface area (Å²) in [5.74, 6) is 1.46. The van der Waals surface area contributed by atoms with Crippen LogP contribution >= 0.6 is 0 Å². The van der Waals surface area contributed by atoms with E-state index < -0.39 is 0 Å². The van der Waals surface area contributed by atoms with Crippen LogP contribution in [0.4, 0.5) is 16.6 Å². The van der Waals surface area contributed by atoms with Gasteiger partial charge in [0.2, 0.25) is 5.95 Å². The van der Waals surface area contributed by atoms with E-state index in [0.717, 1.165) is 61.1 Å². The van der Waals surface area contributed by atoms with Gasteiger partial charge in [0.05, 0.1) is 12.4 Å². The topological polar surface area (TPSA) is 126 Å². The van der Waals surface area contributed by atoms with Crippen LogP contribution in [0.2, 0.25) is 0 Å². The van der Waals surface area contributed by atoms with Crippen LogP contribution in [-0.2, 0) is 0 Å². The fraction of sp³-hybridized carbons (Fsp3) is 0.600. The highest BCUT2D eigenvalue weighted by atomic mass is 16.2. The normalized spacial score (nSPS) is 23.3. The molecule has 0 bridgehead atoms. The van der Waals surface area contributed by atoms with Gasteiger partial charge in [-0.1, -0.05) is 43.2 Å². The summed E-state index contributed by atoms with van der Waals surface area (Å²) >= 11 is 0. The Balaban J connectivity index is 1.14. The predicted molar refractivity (Wildman–Crippen MR) is 158 cm³/mol. The number of carbonyl (C=O) groups is 1. The van der Waals surface area contributed by atoms with Crippen LogP contribution in [0.15, 0.2) is 36.7 Å². The van der Waals surface area contributed by atoms with Crippen LogP contribution in [0.3, 0.4) is 0 Å². The van der Waals surface area contributed by atoms with E-state index in [1.807, 2.05) is 48.5 Å². The Hall–Kier alpha value is -3.40. The van der Waals surface area contributed by atoms with Crippen LogP contribution in [0.1, 0.15) is 88.8 Å². The highest BCUT2D eigenvalue weighted by Crippen LogP contribution is 2.34. The molecule has 1 saturated heterocycles. The van der Waals surface area contributed by atoms with Crippen molar-refractivity contribution in [2.45, 2.75) is 101 Å². The number of piperidine rings is 1. The van der Waals surface area contributed by atoms with Gasteiger partial charge >= 0.3 is 6.03 Å². The average molecular weight is 546 g/mol. The van der Waals surface area contributed by atoms with Gasteiger partial charge in [-0.15, -0.1) is 0 Å². The third-order valence-electron chi connectivity index (χ3n) is 9.01. The van der Waals surface area contributed by atoms with Crippen molar-refractivity contribution in [3.05, 3.63) is 42.2 Å². The van der Waals surface area contributed by atoms with Crippen molar-refractivity contribution in [2.75, 3.05) is 23.7 Å². The second-order valence-corrected chi connectivity index (χ2v) is 11.9. The molecule has 2 amide bonds. The number of nitrogens with two attached hydrogens (primary N) is 1. The summed E-state index contributed by atoms with van der Waals surface area (Å²) in [4.78, 5) is 29.6. The average Bonchev–Trinajstić information content (AvgIpc) is 3.65. The minimum atomic E-state index is -0.0281. The molecule has 40 heavy (non-hydrogen) atoms. The van der Waals surface area contributed by atoms with Crippen LogP contribution in [0, 0.1) is 0 Å². The number of fused-ring (bicyclic) bond motifs is 1. The molecule has 1 aromatic carbocycles. The number of likely N-dealkylation sites (tertiary alicyclic amines) is 1. The predicted octanol–water partition coefficient (Wildman–Crippen LogP) is 4.97. The molecule has 3 heterocycles. The molecule has 0 spiro atoms. The first-order chi connectivity index (χ1) is 19.5. The van der Waals surface area contributed by atoms with Gasteiger partial charge in [0.15, 0.2) is 17.0 Å². The zero-order valence-electron chi connectivity index (χ0n) is 23.6. The van der Waals surface area contributed by atoms with E-state index in [1.165, 1.54) is 25.7 Å². The lowest BCUT2D eigenvalue weighted by molar-refractivity contribution is 0.180. The van der Waals surface area contributed by atoms with E-state index in [0.29, 0.717) is 37.2 Å². The summed E-state index contributed by atoms with van der Waals surface area (Å²) in [6.07, 6.45) is 12.6. The first-order valence-electron chi connectivity index (χ1n) is 15.2. The number of urea groups is 1. The van der Waals surface area contributed by atoms with Gasteiger partial charge in [-0.3, -0.25) is 0 Å². The van der Waals surface area contributed by atoms with E-state index in [1.54, 1.807) is 0 Å². The summed E-state index contributed by atoms with van der Waals surface area (Å²) in [5.41, 5.74) is 8.99. The number of anilines is 2. The van der Waals surface area contributed by atoms with E-state index in [9.17, 15) is 4.79 Å². The number of carbonyl (C=O) groups excluding carboxylic acids is 1. The largest absolute Gasteiger partial charge is 0.365 e. The molecule has 1 aliphatic heterocycles. The molecule has 3 aromatic rings. The number of imidazole rings is 1. The van der Waals surface area contributed by atoms with Gasteiger partial charge in [0, 0.05) is 37.3 Å². The molecule has 5 N–H and O–H groups in total. The Kier molecular flexibility index (Phi) is 8.04. The molecule has 3 aliphatic rings. The molecule has 2 saturated carbocycles. The molecular formula is C30H43N9O. The van der Waals surface area contributed by atoms with E-state index in [-0.39, 0.29) is 18.1 Å².